The van der Waals surface area contributed by atoms with Gasteiger partial charge >= 0.3 is 0 Å². The number of benzene rings is 1. The topological polar surface area (TPSA) is 69.5 Å². The molecular formula is C10H9Cl2NO5. The summed E-state index contributed by atoms with van der Waals surface area (Å²) in [5.74, 6) is 1.08. The van der Waals surface area contributed by atoms with Crippen molar-refractivity contribution < 1.29 is 24.2 Å². The van der Waals surface area contributed by atoms with E-state index in [0.717, 1.165) is 0 Å². The van der Waals surface area contributed by atoms with E-state index in [0.29, 0.717) is 11.5 Å². The number of hydrogen-bond acceptors (Lipinski definition) is 6. The lowest BCUT2D eigenvalue weighted by Gasteiger charge is -2.14. The van der Waals surface area contributed by atoms with Crippen molar-refractivity contribution in [2.24, 2.45) is 5.16 Å². The molecule has 1 heterocycles. The number of ether oxygens (including phenoxy) is 4. The van der Waals surface area contributed by atoms with Crippen LogP contribution in [-0.2, 0) is 0 Å². The highest BCUT2D eigenvalue weighted by Crippen LogP contribution is 2.54. The molecule has 0 aromatic heterocycles. The molecule has 0 aliphatic carbocycles. The van der Waals surface area contributed by atoms with Crippen LogP contribution in [0.3, 0.4) is 0 Å². The van der Waals surface area contributed by atoms with E-state index in [-0.39, 0.29) is 34.0 Å². The lowest BCUT2D eigenvalue weighted by molar-refractivity contribution is 0.168. The third-order valence-corrected chi connectivity index (χ3v) is 3.00. The van der Waals surface area contributed by atoms with Crippen molar-refractivity contribution in [2.75, 3.05) is 21.0 Å². The van der Waals surface area contributed by atoms with Crippen LogP contribution in [0.1, 0.15) is 5.56 Å². The smallest absolute Gasteiger partial charge is 0.231 e. The van der Waals surface area contributed by atoms with Gasteiger partial charge in [-0.3, -0.25) is 0 Å². The van der Waals surface area contributed by atoms with Gasteiger partial charge < -0.3 is 24.2 Å². The largest absolute Gasteiger partial charge is 0.492 e. The molecule has 0 amide bonds. The van der Waals surface area contributed by atoms with Crippen molar-refractivity contribution in [3.63, 3.8) is 0 Å². The Morgan fingerprint density at radius 3 is 2.28 bits per heavy atom. The zero-order valence-corrected chi connectivity index (χ0v) is 11.0. The van der Waals surface area contributed by atoms with Crippen molar-refractivity contribution in [3.05, 3.63) is 10.6 Å². The van der Waals surface area contributed by atoms with Crippen molar-refractivity contribution in [3.8, 4) is 23.0 Å². The first-order valence-corrected chi connectivity index (χ1v) is 5.52. The van der Waals surface area contributed by atoms with Crippen LogP contribution in [0.25, 0.3) is 0 Å². The van der Waals surface area contributed by atoms with Crippen molar-refractivity contribution in [1.82, 2.24) is 0 Å². The van der Waals surface area contributed by atoms with Crippen LogP contribution in [0.4, 0.5) is 0 Å². The summed E-state index contributed by atoms with van der Waals surface area (Å²) in [6, 6.07) is 0. The van der Waals surface area contributed by atoms with Crippen LogP contribution < -0.4 is 18.9 Å². The maximum Gasteiger partial charge on any atom is 0.231 e. The summed E-state index contributed by atoms with van der Waals surface area (Å²) in [7, 11) is 2.83. The first-order valence-electron chi connectivity index (χ1n) is 4.76. The van der Waals surface area contributed by atoms with Crippen molar-refractivity contribution in [2.45, 2.75) is 0 Å². The van der Waals surface area contributed by atoms with Crippen LogP contribution in [0.2, 0.25) is 5.02 Å². The molecule has 1 N–H and O–H groups in total. The number of nitrogens with zero attached hydrogens (tertiary/aromatic N) is 1. The number of oxime groups is 1. The molecule has 0 saturated heterocycles. The second kappa shape index (κ2) is 4.99. The summed E-state index contributed by atoms with van der Waals surface area (Å²) in [6.45, 7) is 0.00965. The standard InChI is InChI=1S/C10H9Cl2NO5/c1-15-6-4(10(12)13-14)5(11)7(16-2)9-8(6)17-3-18-9/h14H,3H2,1-2H3/b13-10-. The third-order valence-electron chi connectivity index (χ3n) is 2.37. The van der Waals surface area contributed by atoms with E-state index in [1.165, 1.54) is 14.2 Å². The van der Waals surface area contributed by atoms with Gasteiger partial charge in [0.15, 0.2) is 16.7 Å². The fourth-order valence-electron chi connectivity index (χ4n) is 1.65. The SMILES string of the molecule is COc1c(Cl)c(/C(Cl)=N/O)c(OC)c2c1OCO2. The predicted molar refractivity (Wildman–Crippen MR) is 64.9 cm³/mol. The van der Waals surface area contributed by atoms with Crippen molar-refractivity contribution >= 4 is 28.4 Å². The third kappa shape index (κ3) is 1.77. The van der Waals surface area contributed by atoms with Crippen LogP contribution in [0, 0.1) is 0 Å². The number of methoxy groups -OCH3 is 2. The Morgan fingerprint density at radius 2 is 1.78 bits per heavy atom. The molecule has 1 aliphatic heterocycles. The van der Waals surface area contributed by atoms with E-state index < -0.39 is 0 Å². The zero-order valence-electron chi connectivity index (χ0n) is 9.49. The summed E-state index contributed by atoms with van der Waals surface area (Å²) in [4.78, 5) is 0. The predicted octanol–water partition coefficient (Wildman–Crippen LogP) is 2.46. The highest BCUT2D eigenvalue weighted by Gasteiger charge is 2.32. The van der Waals surface area contributed by atoms with E-state index in [1.54, 1.807) is 0 Å². The summed E-state index contributed by atoms with van der Waals surface area (Å²) in [5.41, 5.74) is 0.171. The van der Waals surface area contributed by atoms with Crippen LogP contribution in [0.15, 0.2) is 5.16 Å². The molecule has 1 aromatic carbocycles. The molecule has 0 saturated carbocycles. The van der Waals surface area contributed by atoms with E-state index in [2.05, 4.69) is 5.16 Å². The monoisotopic (exact) mass is 293 g/mol. The first kappa shape index (κ1) is 12.9. The van der Waals surface area contributed by atoms with Crippen molar-refractivity contribution in [1.29, 1.82) is 0 Å². The molecule has 0 spiro atoms. The molecule has 0 fully saturated rings. The minimum Gasteiger partial charge on any atom is -0.492 e. The van der Waals surface area contributed by atoms with E-state index >= 15 is 0 Å². The van der Waals surface area contributed by atoms with Gasteiger partial charge in [0.05, 0.1) is 19.8 Å². The summed E-state index contributed by atoms with van der Waals surface area (Å²) in [6.07, 6.45) is 0. The minimum atomic E-state index is -0.242. The lowest BCUT2D eigenvalue weighted by Crippen LogP contribution is -2.01. The first-order chi connectivity index (χ1) is 8.65. The number of fused-ring (bicyclic) bond motifs is 1. The van der Waals surface area contributed by atoms with E-state index in [4.69, 9.17) is 47.4 Å². The minimum absolute atomic E-state index is 0.00965. The molecule has 0 radical (unpaired) electrons. The molecule has 0 atom stereocenters. The normalized spacial score (nSPS) is 13.7. The van der Waals surface area contributed by atoms with Gasteiger partial charge in [-0.05, 0) is 0 Å². The van der Waals surface area contributed by atoms with Crippen LogP contribution in [-0.4, -0.2) is 31.4 Å². The van der Waals surface area contributed by atoms with Gasteiger partial charge in [0.25, 0.3) is 0 Å². The Balaban J connectivity index is 2.80. The Bertz CT molecular complexity index is 518. The highest BCUT2D eigenvalue weighted by molar-refractivity contribution is 6.71. The van der Waals surface area contributed by atoms with Crippen LogP contribution in [0.5, 0.6) is 23.0 Å². The second-order valence-electron chi connectivity index (χ2n) is 3.21. The van der Waals surface area contributed by atoms with E-state index in [9.17, 15) is 0 Å². The second-order valence-corrected chi connectivity index (χ2v) is 3.95. The molecule has 1 aromatic rings. The lowest BCUT2D eigenvalue weighted by atomic mass is 10.1. The molecule has 18 heavy (non-hydrogen) atoms. The molecule has 98 valence electrons. The number of rotatable bonds is 3. The number of halogens is 2. The van der Waals surface area contributed by atoms with Gasteiger partial charge in [0.2, 0.25) is 18.3 Å². The Kier molecular flexibility index (Phi) is 3.58. The molecule has 2 rings (SSSR count). The molecule has 0 bridgehead atoms. The summed E-state index contributed by atoms with van der Waals surface area (Å²) in [5, 5.41) is 11.5. The fourth-order valence-corrected chi connectivity index (χ4v) is 2.22. The maximum absolute atomic E-state index is 8.77. The van der Waals surface area contributed by atoms with Gasteiger partial charge in [-0.2, -0.15) is 0 Å². The van der Waals surface area contributed by atoms with Gasteiger partial charge in [0, 0.05) is 0 Å². The quantitative estimate of drug-likeness (QED) is 0.527. The Morgan fingerprint density at radius 1 is 1.22 bits per heavy atom. The van der Waals surface area contributed by atoms with E-state index in [1.807, 2.05) is 0 Å². The fraction of sp³-hybridized carbons (Fsp3) is 0.300. The number of hydrogen-bond donors (Lipinski definition) is 1. The summed E-state index contributed by atoms with van der Waals surface area (Å²) >= 11 is 11.9. The highest BCUT2D eigenvalue weighted by atomic mass is 35.5. The van der Waals surface area contributed by atoms with Gasteiger partial charge in [-0.25, -0.2) is 0 Å². The molecule has 0 unspecified atom stereocenters. The molecule has 8 heteroatoms. The average Bonchev–Trinajstić information content (AvgIpc) is 2.85. The maximum atomic E-state index is 8.77. The zero-order chi connectivity index (χ0) is 13.3. The Hall–Kier alpha value is -1.53. The Labute approximate surface area is 113 Å². The molecule has 6 nitrogen and oxygen atoms in total. The average molecular weight is 294 g/mol. The van der Waals surface area contributed by atoms with Gasteiger partial charge in [-0.1, -0.05) is 28.4 Å². The molecular weight excluding hydrogens is 285 g/mol. The van der Waals surface area contributed by atoms with Crippen LogP contribution >= 0.6 is 23.2 Å². The summed E-state index contributed by atoms with van der Waals surface area (Å²) < 4.78 is 20.8. The van der Waals surface area contributed by atoms with Gasteiger partial charge in [0.1, 0.15) is 5.02 Å². The van der Waals surface area contributed by atoms with Gasteiger partial charge in [-0.15, -0.1) is 0 Å². The molecule has 1 aliphatic rings.